The number of carbonyl (C=O) groups excluding carboxylic acids is 3. The number of nitrogens with zero attached hydrogens (tertiary/aromatic N) is 3. The molecule has 4 rings (SSSR count). The quantitative estimate of drug-likeness (QED) is 0.684. The van der Waals surface area contributed by atoms with Crippen LogP contribution in [0.4, 0.5) is 15.2 Å². The molecule has 1 saturated heterocycles. The van der Waals surface area contributed by atoms with Gasteiger partial charge in [0.25, 0.3) is 5.91 Å². The summed E-state index contributed by atoms with van der Waals surface area (Å²) < 4.78 is 13.0. The molecule has 0 bridgehead atoms. The Morgan fingerprint density at radius 2 is 1.61 bits per heavy atom. The van der Waals surface area contributed by atoms with Crippen molar-refractivity contribution in [3.8, 4) is 10.6 Å². The van der Waals surface area contributed by atoms with Crippen LogP contribution >= 0.6 is 11.3 Å². The minimum atomic E-state index is -0.396. The van der Waals surface area contributed by atoms with E-state index in [2.05, 4.69) is 15.5 Å². The highest BCUT2D eigenvalue weighted by atomic mass is 32.1. The van der Waals surface area contributed by atoms with E-state index in [9.17, 15) is 18.8 Å². The Bertz CT molecular complexity index is 1050. The summed E-state index contributed by atoms with van der Waals surface area (Å²) in [6.45, 7) is 0. The number of hydrogen-bond donors (Lipinski definition) is 1. The Kier molecular flexibility index (Phi) is 4.66. The van der Waals surface area contributed by atoms with Gasteiger partial charge in [-0.1, -0.05) is 11.3 Å². The van der Waals surface area contributed by atoms with Gasteiger partial charge in [-0.15, -0.1) is 10.2 Å². The molecule has 0 spiro atoms. The molecule has 7 nitrogen and oxygen atoms in total. The van der Waals surface area contributed by atoms with Crippen LogP contribution in [0.15, 0.2) is 48.5 Å². The summed E-state index contributed by atoms with van der Waals surface area (Å²) in [6.07, 6.45) is 0.406. The number of halogens is 1. The highest BCUT2D eigenvalue weighted by Crippen LogP contribution is 2.27. The molecule has 0 radical (unpaired) electrons. The van der Waals surface area contributed by atoms with Crippen LogP contribution in [-0.2, 0) is 9.59 Å². The van der Waals surface area contributed by atoms with Gasteiger partial charge in [0.15, 0.2) is 0 Å². The zero-order chi connectivity index (χ0) is 19.7. The molecule has 2 aromatic carbocycles. The topological polar surface area (TPSA) is 92.3 Å². The largest absolute Gasteiger partial charge is 0.296 e. The van der Waals surface area contributed by atoms with Crippen LogP contribution < -0.4 is 10.2 Å². The average molecular weight is 396 g/mol. The highest BCUT2D eigenvalue weighted by Gasteiger charge is 2.30. The molecule has 3 aromatic rings. The van der Waals surface area contributed by atoms with Crippen LogP contribution in [0, 0.1) is 5.82 Å². The standard InChI is InChI=1S/C19H13FN4O3S/c20-13-5-1-12(2-6-13)18-22-23-19(28-18)21-17(27)11-3-7-14(8-4-11)24-15(25)9-10-16(24)26/h1-8H,9-10H2,(H,21,23,27). The van der Waals surface area contributed by atoms with Crippen LogP contribution in [0.25, 0.3) is 10.6 Å². The van der Waals surface area contributed by atoms with Crippen molar-refractivity contribution in [3.05, 3.63) is 59.9 Å². The number of nitrogens with one attached hydrogen (secondary N) is 1. The normalized spacial score (nSPS) is 13.8. The summed E-state index contributed by atoms with van der Waals surface area (Å²) in [7, 11) is 0. The smallest absolute Gasteiger partial charge is 0.257 e. The fraction of sp³-hybridized carbons (Fsp3) is 0.105. The van der Waals surface area contributed by atoms with E-state index in [1.54, 1.807) is 24.3 Å². The molecule has 1 N–H and O–H groups in total. The number of anilines is 2. The van der Waals surface area contributed by atoms with E-state index in [1.807, 2.05) is 0 Å². The molecule has 0 atom stereocenters. The molecule has 1 fully saturated rings. The van der Waals surface area contributed by atoms with Gasteiger partial charge < -0.3 is 0 Å². The lowest BCUT2D eigenvalue weighted by atomic mass is 10.2. The summed E-state index contributed by atoms with van der Waals surface area (Å²) in [5.41, 5.74) is 1.49. The van der Waals surface area contributed by atoms with Crippen molar-refractivity contribution in [3.63, 3.8) is 0 Å². The Morgan fingerprint density at radius 3 is 2.25 bits per heavy atom. The van der Waals surface area contributed by atoms with Gasteiger partial charge in [0.1, 0.15) is 10.8 Å². The first-order valence-electron chi connectivity index (χ1n) is 8.38. The van der Waals surface area contributed by atoms with Gasteiger partial charge in [-0.3, -0.25) is 24.6 Å². The van der Waals surface area contributed by atoms with Gasteiger partial charge in [-0.25, -0.2) is 4.39 Å². The highest BCUT2D eigenvalue weighted by molar-refractivity contribution is 7.18. The fourth-order valence-electron chi connectivity index (χ4n) is 2.78. The molecule has 3 amide bonds. The summed E-state index contributed by atoms with van der Waals surface area (Å²) in [6, 6.07) is 12.0. The summed E-state index contributed by atoms with van der Waals surface area (Å²) >= 11 is 1.16. The first kappa shape index (κ1) is 17.9. The molecule has 140 valence electrons. The van der Waals surface area contributed by atoms with Gasteiger partial charge in [0.2, 0.25) is 16.9 Å². The maximum Gasteiger partial charge on any atom is 0.257 e. The van der Waals surface area contributed by atoms with Crippen LogP contribution in [-0.4, -0.2) is 27.9 Å². The van der Waals surface area contributed by atoms with Crippen LogP contribution in [0.5, 0.6) is 0 Å². The molecule has 9 heteroatoms. The SMILES string of the molecule is O=C(Nc1nnc(-c2ccc(F)cc2)s1)c1ccc(N2C(=O)CCC2=O)cc1. The van der Waals surface area contributed by atoms with Crippen molar-refractivity contribution >= 4 is 39.9 Å². The molecule has 28 heavy (non-hydrogen) atoms. The van der Waals surface area contributed by atoms with Crippen molar-refractivity contribution < 1.29 is 18.8 Å². The monoisotopic (exact) mass is 396 g/mol. The minimum Gasteiger partial charge on any atom is -0.296 e. The molecule has 0 unspecified atom stereocenters. The number of benzene rings is 2. The lowest BCUT2D eigenvalue weighted by molar-refractivity contribution is -0.121. The molecular weight excluding hydrogens is 383 g/mol. The van der Waals surface area contributed by atoms with E-state index >= 15 is 0 Å². The van der Waals surface area contributed by atoms with E-state index in [0.29, 0.717) is 27.0 Å². The predicted octanol–water partition coefficient (Wildman–Crippen LogP) is 3.25. The van der Waals surface area contributed by atoms with E-state index < -0.39 is 5.91 Å². The summed E-state index contributed by atoms with van der Waals surface area (Å²) in [5, 5.41) is 11.4. The van der Waals surface area contributed by atoms with E-state index in [1.165, 1.54) is 24.3 Å². The second-order valence-electron chi connectivity index (χ2n) is 6.04. The molecule has 1 aliphatic rings. The number of imide groups is 1. The summed E-state index contributed by atoms with van der Waals surface area (Å²) in [4.78, 5) is 37.1. The van der Waals surface area contributed by atoms with Crippen molar-refractivity contribution in [1.82, 2.24) is 10.2 Å². The number of hydrogen-bond acceptors (Lipinski definition) is 6. The second kappa shape index (κ2) is 7.28. The van der Waals surface area contributed by atoms with E-state index in [-0.39, 0.29) is 30.5 Å². The fourth-order valence-corrected chi connectivity index (χ4v) is 3.52. The lowest BCUT2D eigenvalue weighted by Crippen LogP contribution is -2.28. The Balaban J connectivity index is 1.46. The van der Waals surface area contributed by atoms with Gasteiger partial charge in [0.05, 0.1) is 5.69 Å². The summed E-state index contributed by atoms with van der Waals surface area (Å²) in [5.74, 6) is -1.23. The third-order valence-corrected chi connectivity index (χ3v) is 5.06. The Morgan fingerprint density at radius 1 is 0.964 bits per heavy atom. The van der Waals surface area contributed by atoms with Crippen LogP contribution in [0.1, 0.15) is 23.2 Å². The van der Waals surface area contributed by atoms with Gasteiger partial charge in [0, 0.05) is 24.0 Å². The molecule has 1 aliphatic heterocycles. The molecule has 0 aliphatic carbocycles. The van der Waals surface area contributed by atoms with Crippen LogP contribution in [0.2, 0.25) is 0 Å². The predicted molar refractivity (Wildman–Crippen MR) is 101 cm³/mol. The first-order valence-corrected chi connectivity index (χ1v) is 9.19. The zero-order valence-electron chi connectivity index (χ0n) is 14.4. The maximum absolute atomic E-state index is 13.0. The maximum atomic E-state index is 13.0. The van der Waals surface area contributed by atoms with Crippen molar-refractivity contribution in [1.29, 1.82) is 0 Å². The lowest BCUT2D eigenvalue weighted by Gasteiger charge is -2.13. The second-order valence-corrected chi connectivity index (χ2v) is 7.02. The van der Waals surface area contributed by atoms with Gasteiger partial charge in [-0.2, -0.15) is 0 Å². The van der Waals surface area contributed by atoms with Crippen molar-refractivity contribution in [2.24, 2.45) is 0 Å². The third kappa shape index (κ3) is 3.52. The Hall–Kier alpha value is -3.46. The third-order valence-electron chi connectivity index (χ3n) is 4.18. The number of carbonyl (C=O) groups is 3. The zero-order valence-corrected chi connectivity index (χ0v) is 15.2. The first-order chi connectivity index (χ1) is 13.5. The number of aromatic nitrogens is 2. The molecule has 0 saturated carbocycles. The molecule has 2 heterocycles. The van der Waals surface area contributed by atoms with Crippen molar-refractivity contribution in [2.75, 3.05) is 10.2 Å². The molecule has 1 aromatic heterocycles. The number of rotatable bonds is 4. The molecular formula is C19H13FN4O3S. The average Bonchev–Trinajstić information content (AvgIpc) is 3.29. The van der Waals surface area contributed by atoms with Gasteiger partial charge >= 0.3 is 0 Å². The van der Waals surface area contributed by atoms with Crippen LogP contribution in [0.3, 0.4) is 0 Å². The number of amides is 3. The van der Waals surface area contributed by atoms with E-state index in [0.717, 1.165) is 16.2 Å². The van der Waals surface area contributed by atoms with Crippen molar-refractivity contribution in [2.45, 2.75) is 12.8 Å². The van der Waals surface area contributed by atoms with E-state index in [4.69, 9.17) is 0 Å². The van der Waals surface area contributed by atoms with Gasteiger partial charge in [-0.05, 0) is 48.5 Å². The Labute approximate surface area is 162 Å². The minimum absolute atomic E-state index is 0.203.